The van der Waals surface area contributed by atoms with Crippen LogP contribution >= 0.6 is 11.6 Å². The highest BCUT2D eigenvalue weighted by atomic mass is 35.5. The van der Waals surface area contributed by atoms with Crippen LogP contribution in [0.3, 0.4) is 0 Å². The van der Waals surface area contributed by atoms with E-state index < -0.39 is 0 Å². The molecule has 1 aromatic carbocycles. The third-order valence-corrected chi connectivity index (χ3v) is 6.74. The fraction of sp³-hybridized carbons (Fsp3) is 0.400. The Kier molecular flexibility index (Phi) is 5.88. The van der Waals surface area contributed by atoms with Crippen LogP contribution < -0.4 is 5.56 Å². The van der Waals surface area contributed by atoms with Gasteiger partial charge in [-0.3, -0.25) is 14.7 Å². The molecule has 0 bridgehead atoms. The zero-order valence-electron chi connectivity index (χ0n) is 17.6. The maximum atomic E-state index is 12.8. The average Bonchev–Trinajstić information content (AvgIpc) is 2.81. The number of nitrogens with one attached hydrogen (secondary N) is 1. The molecule has 6 heteroatoms. The van der Waals surface area contributed by atoms with Crippen molar-refractivity contribution in [2.75, 3.05) is 6.54 Å². The Hall–Kier alpha value is -2.50. The lowest BCUT2D eigenvalue weighted by Crippen LogP contribution is -2.36. The van der Waals surface area contributed by atoms with Crippen molar-refractivity contribution < 1.29 is 0 Å². The second-order valence-electron chi connectivity index (χ2n) is 8.69. The molecule has 3 aromatic rings. The largest absolute Gasteiger partial charge is 0.310 e. The Morgan fingerprint density at radius 1 is 1.03 bits per heavy atom. The average molecular weight is 435 g/mol. The molecule has 0 amide bonds. The number of fused-ring (bicyclic) bond motifs is 1. The molecule has 160 valence electrons. The van der Waals surface area contributed by atoms with E-state index in [-0.39, 0.29) is 5.56 Å². The molecule has 5 rings (SSSR count). The van der Waals surface area contributed by atoms with Gasteiger partial charge in [0.05, 0.1) is 22.6 Å². The van der Waals surface area contributed by atoms with E-state index in [2.05, 4.69) is 9.88 Å². The summed E-state index contributed by atoms with van der Waals surface area (Å²) >= 11 is 6.01. The van der Waals surface area contributed by atoms with E-state index in [1.54, 1.807) is 0 Å². The maximum absolute atomic E-state index is 12.8. The van der Waals surface area contributed by atoms with Crippen LogP contribution in [0.2, 0.25) is 5.02 Å². The van der Waals surface area contributed by atoms with Crippen molar-refractivity contribution in [2.45, 2.75) is 57.5 Å². The number of H-pyrrole nitrogens is 1. The van der Waals surface area contributed by atoms with Crippen molar-refractivity contribution in [3.63, 3.8) is 0 Å². The molecular weight excluding hydrogens is 408 g/mol. The highest BCUT2D eigenvalue weighted by Crippen LogP contribution is 2.31. The molecule has 1 N–H and O–H groups in total. The smallest absolute Gasteiger partial charge is 0.255 e. The van der Waals surface area contributed by atoms with Crippen molar-refractivity contribution in [3.8, 4) is 11.3 Å². The third-order valence-electron chi connectivity index (χ3n) is 6.49. The van der Waals surface area contributed by atoms with E-state index >= 15 is 0 Å². The van der Waals surface area contributed by atoms with Crippen LogP contribution in [0.1, 0.15) is 60.8 Å². The minimum Gasteiger partial charge on any atom is -0.310 e. The van der Waals surface area contributed by atoms with Gasteiger partial charge in [-0.05, 0) is 37.1 Å². The van der Waals surface area contributed by atoms with E-state index in [1.165, 1.54) is 19.3 Å². The SMILES string of the molecule is O=c1[nH]c(C2CCCCC2)nc2c1CN(Cc1cccc(-c3ccc(Cl)cc3)n1)CC2. The molecule has 0 atom stereocenters. The molecule has 0 saturated heterocycles. The van der Waals surface area contributed by atoms with E-state index in [0.717, 1.165) is 64.9 Å². The van der Waals surface area contributed by atoms with Crippen molar-refractivity contribution in [2.24, 2.45) is 0 Å². The Balaban J connectivity index is 1.31. The van der Waals surface area contributed by atoms with Gasteiger partial charge in [0.25, 0.3) is 5.56 Å². The quantitative estimate of drug-likeness (QED) is 0.621. The van der Waals surface area contributed by atoms with Crippen LogP contribution in [0.25, 0.3) is 11.3 Å². The summed E-state index contributed by atoms with van der Waals surface area (Å²) < 4.78 is 0. The first kappa shape index (κ1) is 20.4. The topological polar surface area (TPSA) is 61.9 Å². The van der Waals surface area contributed by atoms with Crippen LogP contribution in [0.4, 0.5) is 0 Å². The molecule has 0 radical (unpaired) electrons. The Morgan fingerprint density at radius 2 is 1.84 bits per heavy atom. The van der Waals surface area contributed by atoms with Crippen molar-refractivity contribution in [1.82, 2.24) is 19.9 Å². The van der Waals surface area contributed by atoms with Crippen LogP contribution in [0.5, 0.6) is 0 Å². The second kappa shape index (κ2) is 8.93. The molecule has 31 heavy (non-hydrogen) atoms. The first-order valence-electron chi connectivity index (χ1n) is 11.2. The Morgan fingerprint density at radius 3 is 2.65 bits per heavy atom. The number of halogens is 1. The zero-order valence-corrected chi connectivity index (χ0v) is 18.4. The molecule has 0 spiro atoms. The summed E-state index contributed by atoms with van der Waals surface area (Å²) in [6.45, 7) is 2.22. The fourth-order valence-corrected chi connectivity index (χ4v) is 4.91. The molecule has 2 aliphatic rings. The summed E-state index contributed by atoms with van der Waals surface area (Å²) in [6, 6.07) is 13.8. The van der Waals surface area contributed by atoms with Crippen LogP contribution in [-0.2, 0) is 19.5 Å². The normalized spacial score (nSPS) is 17.5. The van der Waals surface area contributed by atoms with Crippen LogP contribution in [0.15, 0.2) is 47.3 Å². The van der Waals surface area contributed by atoms with Crippen LogP contribution in [0, 0.1) is 0 Å². The van der Waals surface area contributed by atoms with Crippen molar-refractivity contribution in [1.29, 1.82) is 0 Å². The van der Waals surface area contributed by atoms with Gasteiger partial charge in [0.2, 0.25) is 0 Å². The summed E-state index contributed by atoms with van der Waals surface area (Å²) in [4.78, 5) is 28.0. The van der Waals surface area contributed by atoms with Gasteiger partial charge in [0, 0.05) is 42.6 Å². The number of hydrogen-bond acceptors (Lipinski definition) is 4. The molecule has 0 unspecified atom stereocenters. The molecule has 2 aromatic heterocycles. The van der Waals surface area contributed by atoms with Crippen LogP contribution in [-0.4, -0.2) is 26.4 Å². The minimum atomic E-state index is 0.0400. The van der Waals surface area contributed by atoms with Gasteiger partial charge < -0.3 is 4.98 Å². The van der Waals surface area contributed by atoms with E-state index in [0.29, 0.717) is 19.0 Å². The van der Waals surface area contributed by atoms with Crippen molar-refractivity contribution >= 4 is 11.6 Å². The monoisotopic (exact) mass is 434 g/mol. The number of benzene rings is 1. The summed E-state index contributed by atoms with van der Waals surface area (Å²) in [6.07, 6.45) is 6.87. The number of aromatic amines is 1. The fourth-order valence-electron chi connectivity index (χ4n) is 4.78. The first-order valence-corrected chi connectivity index (χ1v) is 11.6. The summed E-state index contributed by atoms with van der Waals surface area (Å²) in [5, 5.41) is 0.720. The molecule has 1 aliphatic carbocycles. The van der Waals surface area contributed by atoms with E-state index in [9.17, 15) is 4.79 Å². The van der Waals surface area contributed by atoms with Gasteiger partial charge >= 0.3 is 0 Å². The van der Waals surface area contributed by atoms with Crippen molar-refractivity contribution in [3.05, 3.63) is 80.6 Å². The summed E-state index contributed by atoms with van der Waals surface area (Å²) in [5.74, 6) is 1.33. The van der Waals surface area contributed by atoms with Gasteiger partial charge in [-0.15, -0.1) is 0 Å². The summed E-state index contributed by atoms with van der Waals surface area (Å²) in [7, 11) is 0. The Bertz CT molecular complexity index is 1120. The molecule has 1 fully saturated rings. The van der Waals surface area contributed by atoms with Gasteiger partial charge in [0.15, 0.2) is 0 Å². The first-order chi connectivity index (χ1) is 15.2. The van der Waals surface area contributed by atoms with Gasteiger partial charge in [-0.2, -0.15) is 0 Å². The standard InChI is InChI=1S/C25H27ClN4O/c26-19-11-9-17(10-12-19)22-8-4-7-20(27-22)15-30-14-13-23-21(16-30)25(31)29-24(28-23)18-5-2-1-3-6-18/h4,7-12,18H,1-3,5-6,13-16H2,(H,28,29,31). The minimum absolute atomic E-state index is 0.0400. The van der Waals surface area contributed by atoms with Gasteiger partial charge in [0.1, 0.15) is 5.82 Å². The van der Waals surface area contributed by atoms with Gasteiger partial charge in [-0.1, -0.05) is 49.1 Å². The van der Waals surface area contributed by atoms with Gasteiger partial charge in [-0.25, -0.2) is 4.98 Å². The lowest BCUT2D eigenvalue weighted by molar-refractivity contribution is 0.238. The molecule has 1 saturated carbocycles. The number of pyridine rings is 1. The maximum Gasteiger partial charge on any atom is 0.255 e. The molecule has 3 heterocycles. The zero-order chi connectivity index (χ0) is 21.2. The lowest BCUT2D eigenvalue weighted by atomic mass is 9.88. The number of nitrogens with zero attached hydrogens (tertiary/aromatic N) is 3. The van der Waals surface area contributed by atoms with E-state index in [1.807, 2.05) is 42.5 Å². The number of aromatic nitrogens is 3. The number of rotatable bonds is 4. The number of hydrogen-bond donors (Lipinski definition) is 1. The molecular formula is C25H27ClN4O. The highest BCUT2D eigenvalue weighted by molar-refractivity contribution is 6.30. The predicted molar refractivity (Wildman–Crippen MR) is 123 cm³/mol. The van der Waals surface area contributed by atoms with E-state index in [4.69, 9.17) is 21.6 Å². The molecule has 5 nitrogen and oxygen atoms in total. The lowest BCUT2D eigenvalue weighted by Gasteiger charge is -2.28. The second-order valence-corrected chi connectivity index (χ2v) is 9.13. The highest BCUT2D eigenvalue weighted by Gasteiger charge is 2.24. The summed E-state index contributed by atoms with van der Waals surface area (Å²) in [5.41, 5.74) is 4.83. The predicted octanol–water partition coefficient (Wildman–Crippen LogP) is 5.09. The molecule has 1 aliphatic heterocycles. The third kappa shape index (κ3) is 4.58. The Labute approximate surface area is 187 Å².